The SMILES string of the molecule is CCCOC(=O)c1ccc(NC(=O)CSc2nc(C(C)C)cc(=O)[nH]2)cc1. The predicted molar refractivity (Wildman–Crippen MR) is 105 cm³/mol. The van der Waals surface area contributed by atoms with Crippen LogP contribution < -0.4 is 10.9 Å². The third-order valence-electron chi connectivity index (χ3n) is 3.51. The Morgan fingerprint density at radius 2 is 1.96 bits per heavy atom. The molecule has 1 aromatic heterocycles. The van der Waals surface area contributed by atoms with Gasteiger partial charge in [-0.05, 0) is 36.6 Å². The molecule has 0 aliphatic carbocycles. The molecule has 7 nitrogen and oxygen atoms in total. The maximum Gasteiger partial charge on any atom is 0.338 e. The Labute approximate surface area is 161 Å². The van der Waals surface area contributed by atoms with Crippen molar-refractivity contribution < 1.29 is 14.3 Å². The number of hydrogen-bond acceptors (Lipinski definition) is 6. The number of amides is 1. The van der Waals surface area contributed by atoms with Gasteiger partial charge in [0.05, 0.1) is 23.6 Å². The van der Waals surface area contributed by atoms with Crippen LogP contribution in [0.4, 0.5) is 5.69 Å². The smallest absolute Gasteiger partial charge is 0.338 e. The normalized spacial score (nSPS) is 10.7. The number of thioether (sulfide) groups is 1. The summed E-state index contributed by atoms with van der Waals surface area (Å²) in [5, 5.41) is 3.15. The van der Waals surface area contributed by atoms with E-state index in [4.69, 9.17) is 4.74 Å². The van der Waals surface area contributed by atoms with Gasteiger partial charge in [0.25, 0.3) is 5.56 Å². The van der Waals surface area contributed by atoms with Crippen LogP contribution >= 0.6 is 11.8 Å². The highest BCUT2D eigenvalue weighted by Crippen LogP contribution is 2.16. The third kappa shape index (κ3) is 6.56. The number of ether oxygens (including phenoxy) is 1. The summed E-state index contributed by atoms with van der Waals surface area (Å²) in [6, 6.07) is 7.95. The minimum absolute atomic E-state index is 0.102. The lowest BCUT2D eigenvalue weighted by atomic mass is 10.1. The maximum atomic E-state index is 12.1. The molecule has 1 heterocycles. The molecule has 0 atom stereocenters. The zero-order chi connectivity index (χ0) is 19.8. The first-order valence-corrected chi connectivity index (χ1v) is 9.68. The first-order chi connectivity index (χ1) is 12.9. The molecule has 0 fully saturated rings. The van der Waals surface area contributed by atoms with Crippen LogP contribution in [0.3, 0.4) is 0 Å². The van der Waals surface area contributed by atoms with Crippen molar-refractivity contribution in [2.75, 3.05) is 17.7 Å². The average Bonchev–Trinajstić information content (AvgIpc) is 2.64. The van der Waals surface area contributed by atoms with Crippen LogP contribution in [0.15, 0.2) is 40.3 Å². The second kappa shape index (κ2) is 9.91. The summed E-state index contributed by atoms with van der Waals surface area (Å²) < 4.78 is 5.06. The fraction of sp³-hybridized carbons (Fsp3) is 0.368. The molecule has 144 valence electrons. The molecule has 0 saturated carbocycles. The number of carbonyl (C=O) groups excluding carboxylic acids is 2. The Morgan fingerprint density at radius 3 is 2.59 bits per heavy atom. The van der Waals surface area contributed by atoms with E-state index in [9.17, 15) is 14.4 Å². The second-order valence-electron chi connectivity index (χ2n) is 6.18. The van der Waals surface area contributed by atoms with Gasteiger partial charge < -0.3 is 15.0 Å². The number of rotatable bonds is 8. The van der Waals surface area contributed by atoms with Gasteiger partial charge >= 0.3 is 5.97 Å². The molecule has 1 amide bonds. The Kier molecular flexibility index (Phi) is 7.60. The highest BCUT2D eigenvalue weighted by atomic mass is 32.2. The van der Waals surface area contributed by atoms with Gasteiger partial charge in [-0.1, -0.05) is 32.5 Å². The number of aromatic nitrogens is 2. The molecule has 2 N–H and O–H groups in total. The van der Waals surface area contributed by atoms with Crippen molar-refractivity contribution in [2.45, 2.75) is 38.3 Å². The van der Waals surface area contributed by atoms with E-state index >= 15 is 0 Å². The van der Waals surface area contributed by atoms with Gasteiger partial charge in [-0.2, -0.15) is 0 Å². The molecule has 8 heteroatoms. The lowest BCUT2D eigenvalue weighted by Crippen LogP contribution is -2.16. The Morgan fingerprint density at radius 1 is 1.26 bits per heavy atom. The Balaban J connectivity index is 1.90. The van der Waals surface area contributed by atoms with Gasteiger partial charge in [0.2, 0.25) is 5.91 Å². The van der Waals surface area contributed by atoms with Gasteiger partial charge in [-0.25, -0.2) is 9.78 Å². The number of esters is 1. The van der Waals surface area contributed by atoms with E-state index in [1.807, 2.05) is 20.8 Å². The molecule has 27 heavy (non-hydrogen) atoms. The van der Waals surface area contributed by atoms with Crippen LogP contribution in [0.1, 0.15) is 49.2 Å². The summed E-state index contributed by atoms with van der Waals surface area (Å²) in [5.41, 5.74) is 1.46. The summed E-state index contributed by atoms with van der Waals surface area (Å²) in [6.45, 7) is 6.20. The van der Waals surface area contributed by atoms with E-state index in [0.29, 0.717) is 28.7 Å². The molecular formula is C19H23N3O4S. The molecule has 2 rings (SSSR count). The van der Waals surface area contributed by atoms with Crippen LogP contribution in [-0.4, -0.2) is 34.2 Å². The van der Waals surface area contributed by atoms with E-state index in [0.717, 1.165) is 18.2 Å². The van der Waals surface area contributed by atoms with E-state index in [2.05, 4.69) is 15.3 Å². The maximum absolute atomic E-state index is 12.1. The van der Waals surface area contributed by atoms with Crippen molar-refractivity contribution >= 4 is 29.3 Å². The van der Waals surface area contributed by atoms with Crippen molar-refractivity contribution in [3.05, 3.63) is 51.9 Å². The van der Waals surface area contributed by atoms with E-state index < -0.39 is 0 Å². The van der Waals surface area contributed by atoms with Gasteiger partial charge in [0, 0.05) is 11.8 Å². The number of anilines is 1. The molecule has 2 aromatic rings. The fourth-order valence-electron chi connectivity index (χ4n) is 2.12. The topological polar surface area (TPSA) is 101 Å². The number of nitrogens with one attached hydrogen (secondary N) is 2. The molecule has 0 bridgehead atoms. The minimum atomic E-state index is -0.384. The molecule has 0 radical (unpaired) electrons. The van der Waals surface area contributed by atoms with Crippen molar-refractivity contribution in [3.8, 4) is 0 Å². The van der Waals surface area contributed by atoms with Crippen LogP contribution in [0, 0.1) is 0 Å². The molecule has 0 aliphatic heterocycles. The van der Waals surface area contributed by atoms with Crippen molar-refractivity contribution in [1.29, 1.82) is 0 Å². The number of H-pyrrole nitrogens is 1. The molecule has 0 aliphatic rings. The zero-order valence-corrected chi connectivity index (χ0v) is 16.4. The Bertz CT molecular complexity index is 847. The summed E-state index contributed by atoms with van der Waals surface area (Å²) in [4.78, 5) is 42.5. The molecule has 0 spiro atoms. The highest BCUT2D eigenvalue weighted by Gasteiger charge is 2.10. The molecule has 1 aromatic carbocycles. The number of benzene rings is 1. The quantitative estimate of drug-likeness (QED) is 0.408. The van der Waals surface area contributed by atoms with Crippen molar-refractivity contribution in [2.24, 2.45) is 0 Å². The summed E-state index contributed by atoms with van der Waals surface area (Å²) in [5.74, 6) is -0.391. The monoisotopic (exact) mass is 389 g/mol. The first-order valence-electron chi connectivity index (χ1n) is 8.70. The van der Waals surface area contributed by atoms with Crippen molar-refractivity contribution in [1.82, 2.24) is 9.97 Å². The van der Waals surface area contributed by atoms with Crippen molar-refractivity contribution in [3.63, 3.8) is 0 Å². The van der Waals surface area contributed by atoms with Crippen LogP contribution in [0.2, 0.25) is 0 Å². The lowest BCUT2D eigenvalue weighted by molar-refractivity contribution is -0.113. The predicted octanol–water partition coefficient (Wildman–Crippen LogP) is 3.19. The van der Waals surface area contributed by atoms with Gasteiger partial charge in [-0.3, -0.25) is 9.59 Å². The second-order valence-corrected chi connectivity index (χ2v) is 7.14. The van der Waals surface area contributed by atoms with Gasteiger partial charge in [0.15, 0.2) is 5.16 Å². The number of aromatic amines is 1. The average molecular weight is 389 g/mol. The van der Waals surface area contributed by atoms with Crippen LogP contribution in [0.25, 0.3) is 0 Å². The van der Waals surface area contributed by atoms with E-state index in [-0.39, 0.29) is 29.1 Å². The number of hydrogen-bond donors (Lipinski definition) is 2. The number of carbonyl (C=O) groups is 2. The first kappa shape index (κ1) is 20.7. The minimum Gasteiger partial charge on any atom is -0.462 e. The van der Waals surface area contributed by atoms with E-state index in [1.54, 1.807) is 24.3 Å². The Hall–Kier alpha value is -2.61. The van der Waals surface area contributed by atoms with E-state index in [1.165, 1.54) is 6.07 Å². The van der Waals surface area contributed by atoms with Crippen LogP contribution in [-0.2, 0) is 9.53 Å². The summed E-state index contributed by atoms with van der Waals surface area (Å²) >= 11 is 1.16. The molecule has 0 saturated heterocycles. The molecule has 0 unspecified atom stereocenters. The van der Waals surface area contributed by atoms with Gasteiger partial charge in [0.1, 0.15) is 0 Å². The fourth-order valence-corrected chi connectivity index (χ4v) is 2.80. The number of nitrogens with zero attached hydrogens (tertiary/aromatic N) is 1. The summed E-state index contributed by atoms with van der Waals surface area (Å²) in [7, 11) is 0. The third-order valence-corrected chi connectivity index (χ3v) is 4.39. The zero-order valence-electron chi connectivity index (χ0n) is 15.6. The standard InChI is InChI=1S/C19H23N3O4S/c1-4-9-26-18(25)13-5-7-14(8-6-13)20-17(24)11-27-19-21-15(12(2)3)10-16(23)22-19/h5-8,10,12H,4,9,11H2,1-3H3,(H,20,24)(H,21,22,23). The highest BCUT2D eigenvalue weighted by molar-refractivity contribution is 7.99. The van der Waals surface area contributed by atoms with Gasteiger partial charge in [-0.15, -0.1) is 0 Å². The lowest BCUT2D eigenvalue weighted by Gasteiger charge is -2.08. The van der Waals surface area contributed by atoms with Crippen LogP contribution in [0.5, 0.6) is 0 Å². The summed E-state index contributed by atoms with van der Waals surface area (Å²) in [6.07, 6.45) is 0.762. The molecular weight excluding hydrogens is 366 g/mol. The largest absolute Gasteiger partial charge is 0.462 e.